The molecule has 1 aromatic rings. The summed E-state index contributed by atoms with van der Waals surface area (Å²) in [5, 5.41) is 3.44. The average Bonchev–Trinajstić information content (AvgIpc) is 2.75. The maximum atomic E-state index is 12.0. The molecular weight excluding hydrogens is 316 g/mol. The van der Waals surface area contributed by atoms with Crippen molar-refractivity contribution in [2.75, 3.05) is 26.7 Å². The van der Waals surface area contributed by atoms with Crippen molar-refractivity contribution < 1.29 is 4.79 Å². The summed E-state index contributed by atoms with van der Waals surface area (Å²) in [6.07, 6.45) is 1.14. The van der Waals surface area contributed by atoms with E-state index in [1.807, 2.05) is 6.07 Å². The first-order valence-corrected chi connectivity index (χ1v) is 7.15. The van der Waals surface area contributed by atoms with E-state index in [0.717, 1.165) is 24.0 Å². The molecule has 1 N–H and O–H groups in total. The van der Waals surface area contributed by atoms with Crippen molar-refractivity contribution in [2.45, 2.75) is 6.42 Å². The molecule has 1 aliphatic heterocycles. The Balaban J connectivity index is 1.93. The smallest absolute Gasteiger partial charge is 0.252 e. The summed E-state index contributed by atoms with van der Waals surface area (Å²) in [6, 6.07) is 5.30. The number of likely N-dealkylation sites (tertiary alicyclic amines) is 1. The number of nitrogens with one attached hydrogen (secondary N) is 1. The molecule has 1 fully saturated rings. The molecule has 0 spiro atoms. The second kappa shape index (κ2) is 6.04. The number of halogens is 2. The number of nitrogens with zero attached hydrogens (tertiary/aromatic N) is 1. The van der Waals surface area contributed by atoms with Gasteiger partial charge in [-0.2, -0.15) is 0 Å². The second-order valence-corrected chi connectivity index (χ2v) is 6.07. The van der Waals surface area contributed by atoms with Crippen LogP contribution in [0.3, 0.4) is 0 Å². The summed E-state index contributed by atoms with van der Waals surface area (Å²) in [7, 11) is 2.10. The van der Waals surface area contributed by atoms with E-state index in [4.69, 9.17) is 11.6 Å². The van der Waals surface area contributed by atoms with E-state index in [-0.39, 0.29) is 5.91 Å². The van der Waals surface area contributed by atoms with Crippen molar-refractivity contribution in [2.24, 2.45) is 5.92 Å². The molecular formula is C13H16BrClN2O. The molecule has 0 radical (unpaired) electrons. The van der Waals surface area contributed by atoms with Crippen LogP contribution in [0.4, 0.5) is 0 Å². The van der Waals surface area contributed by atoms with Crippen molar-refractivity contribution in [1.29, 1.82) is 0 Å². The maximum Gasteiger partial charge on any atom is 0.252 e. The molecule has 0 bridgehead atoms. The first-order chi connectivity index (χ1) is 8.56. The highest BCUT2D eigenvalue weighted by Gasteiger charge is 2.20. The fourth-order valence-corrected chi connectivity index (χ4v) is 2.76. The van der Waals surface area contributed by atoms with Crippen LogP contribution >= 0.6 is 27.5 Å². The number of amides is 1. The Bertz CT molecular complexity index is 453. The van der Waals surface area contributed by atoms with Gasteiger partial charge in [0.2, 0.25) is 0 Å². The molecule has 1 unspecified atom stereocenters. The van der Waals surface area contributed by atoms with Crippen LogP contribution in [-0.2, 0) is 0 Å². The number of hydrogen-bond donors (Lipinski definition) is 1. The fourth-order valence-electron chi connectivity index (χ4n) is 2.20. The molecule has 1 heterocycles. The van der Waals surface area contributed by atoms with Crippen LogP contribution in [0.25, 0.3) is 0 Å². The zero-order chi connectivity index (χ0) is 13.1. The summed E-state index contributed by atoms with van der Waals surface area (Å²) >= 11 is 9.36. The van der Waals surface area contributed by atoms with Gasteiger partial charge in [-0.25, -0.2) is 0 Å². The van der Waals surface area contributed by atoms with Crippen LogP contribution in [0, 0.1) is 5.92 Å². The van der Waals surface area contributed by atoms with Gasteiger partial charge in [0.1, 0.15) is 0 Å². The minimum absolute atomic E-state index is 0.101. The van der Waals surface area contributed by atoms with E-state index < -0.39 is 0 Å². The summed E-state index contributed by atoms with van der Waals surface area (Å²) < 4.78 is 0.859. The lowest BCUT2D eigenvalue weighted by atomic mass is 10.1. The van der Waals surface area contributed by atoms with Gasteiger partial charge in [0.05, 0.1) is 10.6 Å². The lowest BCUT2D eigenvalue weighted by Gasteiger charge is -2.12. The molecule has 0 saturated carbocycles. The van der Waals surface area contributed by atoms with Gasteiger partial charge in [0, 0.05) is 17.6 Å². The van der Waals surface area contributed by atoms with Crippen molar-refractivity contribution in [3.8, 4) is 0 Å². The standard InChI is InChI=1S/C13H16BrClN2O/c1-17-5-4-9(8-17)7-16-13(18)11-6-10(14)2-3-12(11)15/h2-3,6,9H,4-5,7-8H2,1H3,(H,16,18). The van der Waals surface area contributed by atoms with Crippen molar-refractivity contribution in [3.05, 3.63) is 33.3 Å². The molecule has 2 rings (SSSR count). The predicted molar refractivity (Wildman–Crippen MR) is 77.1 cm³/mol. The van der Waals surface area contributed by atoms with E-state index in [9.17, 15) is 4.79 Å². The third kappa shape index (κ3) is 3.46. The van der Waals surface area contributed by atoms with Gasteiger partial charge in [-0.3, -0.25) is 4.79 Å². The molecule has 18 heavy (non-hydrogen) atoms. The Morgan fingerprint density at radius 1 is 1.61 bits per heavy atom. The first kappa shape index (κ1) is 13.8. The van der Waals surface area contributed by atoms with Crippen molar-refractivity contribution >= 4 is 33.4 Å². The summed E-state index contributed by atoms with van der Waals surface area (Å²) in [5.41, 5.74) is 0.525. The Labute approximate surface area is 121 Å². The van der Waals surface area contributed by atoms with E-state index >= 15 is 0 Å². The van der Waals surface area contributed by atoms with Crippen LogP contribution < -0.4 is 5.32 Å². The highest BCUT2D eigenvalue weighted by molar-refractivity contribution is 9.10. The zero-order valence-electron chi connectivity index (χ0n) is 10.2. The minimum Gasteiger partial charge on any atom is -0.352 e. The van der Waals surface area contributed by atoms with Gasteiger partial charge in [-0.05, 0) is 44.1 Å². The van der Waals surface area contributed by atoms with Gasteiger partial charge >= 0.3 is 0 Å². The molecule has 1 atom stereocenters. The Hall–Kier alpha value is -0.580. The van der Waals surface area contributed by atoms with Gasteiger partial charge in [-0.15, -0.1) is 0 Å². The normalized spacial score (nSPS) is 20.1. The third-order valence-electron chi connectivity index (χ3n) is 3.21. The highest BCUT2D eigenvalue weighted by atomic mass is 79.9. The van der Waals surface area contributed by atoms with Crippen LogP contribution in [0.1, 0.15) is 16.8 Å². The Kier molecular flexibility index (Phi) is 4.65. The number of hydrogen-bond acceptors (Lipinski definition) is 2. The minimum atomic E-state index is -0.101. The van der Waals surface area contributed by atoms with Crippen molar-refractivity contribution in [3.63, 3.8) is 0 Å². The molecule has 1 aromatic carbocycles. The predicted octanol–water partition coefficient (Wildman–Crippen LogP) is 2.78. The van der Waals surface area contributed by atoms with Crippen molar-refractivity contribution in [1.82, 2.24) is 10.2 Å². The Morgan fingerprint density at radius 3 is 3.06 bits per heavy atom. The number of rotatable bonds is 3. The van der Waals surface area contributed by atoms with Crippen LogP contribution in [0.5, 0.6) is 0 Å². The van der Waals surface area contributed by atoms with Crippen LogP contribution in [0.15, 0.2) is 22.7 Å². The lowest BCUT2D eigenvalue weighted by molar-refractivity contribution is 0.0947. The third-order valence-corrected chi connectivity index (χ3v) is 4.04. The lowest BCUT2D eigenvalue weighted by Crippen LogP contribution is -2.30. The van der Waals surface area contributed by atoms with Crippen LogP contribution in [0.2, 0.25) is 5.02 Å². The summed E-state index contributed by atoms with van der Waals surface area (Å²) in [6.45, 7) is 2.87. The van der Waals surface area contributed by atoms with Gasteiger partial charge < -0.3 is 10.2 Å². The quantitative estimate of drug-likeness (QED) is 0.924. The van der Waals surface area contributed by atoms with Crippen LogP contribution in [-0.4, -0.2) is 37.5 Å². The maximum absolute atomic E-state index is 12.0. The zero-order valence-corrected chi connectivity index (χ0v) is 12.6. The molecule has 0 aliphatic carbocycles. The number of benzene rings is 1. The molecule has 1 aliphatic rings. The monoisotopic (exact) mass is 330 g/mol. The SMILES string of the molecule is CN1CCC(CNC(=O)c2cc(Br)ccc2Cl)C1. The molecule has 1 amide bonds. The van der Waals surface area contributed by atoms with Gasteiger partial charge in [-0.1, -0.05) is 27.5 Å². The van der Waals surface area contributed by atoms with Gasteiger partial charge in [0.25, 0.3) is 5.91 Å². The molecule has 0 aromatic heterocycles. The largest absolute Gasteiger partial charge is 0.352 e. The fraction of sp³-hybridized carbons (Fsp3) is 0.462. The number of carbonyl (C=O) groups excluding carboxylic acids is 1. The van der Waals surface area contributed by atoms with E-state index in [2.05, 4.69) is 33.2 Å². The molecule has 3 nitrogen and oxygen atoms in total. The molecule has 1 saturated heterocycles. The average molecular weight is 332 g/mol. The second-order valence-electron chi connectivity index (χ2n) is 4.75. The number of carbonyl (C=O) groups is 1. The first-order valence-electron chi connectivity index (χ1n) is 5.98. The highest BCUT2D eigenvalue weighted by Crippen LogP contribution is 2.21. The molecule has 98 valence electrons. The van der Waals surface area contributed by atoms with E-state index in [1.54, 1.807) is 12.1 Å². The van der Waals surface area contributed by atoms with Gasteiger partial charge in [0.15, 0.2) is 0 Å². The van der Waals surface area contributed by atoms with E-state index in [0.29, 0.717) is 23.0 Å². The summed E-state index contributed by atoms with van der Waals surface area (Å²) in [4.78, 5) is 14.3. The topological polar surface area (TPSA) is 32.3 Å². The molecule has 5 heteroatoms. The Morgan fingerprint density at radius 2 is 2.39 bits per heavy atom. The summed E-state index contributed by atoms with van der Waals surface area (Å²) in [5.74, 6) is 0.445. The van der Waals surface area contributed by atoms with E-state index in [1.165, 1.54) is 0 Å².